The van der Waals surface area contributed by atoms with Crippen molar-refractivity contribution >= 4 is 28.1 Å². The Morgan fingerprint density at radius 3 is 2.80 bits per heavy atom. The van der Waals surface area contributed by atoms with Crippen molar-refractivity contribution in [3.8, 4) is 5.69 Å². The lowest BCUT2D eigenvalue weighted by Crippen LogP contribution is -2.29. The van der Waals surface area contributed by atoms with E-state index in [1.807, 2.05) is 30.5 Å². The molecule has 2 aromatic rings. The summed E-state index contributed by atoms with van der Waals surface area (Å²) >= 11 is 6.31. The third-order valence-corrected chi connectivity index (χ3v) is 5.15. The van der Waals surface area contributed by atoms with Crippen molar-refractivity contribution in [1.82, 2.24) is 9.78 Å². The van der Waals surface area contributed by atoms with Crippen molar-refractivity contribution in [2.45, 2.75) is 18.9 Å². The van der Waals surface area contributed by atoms with Crippen LogP contribution in [0.5, 0.6) is 0 Å². The maximum Gasteiger partial charge on any atom is 0.106 e. The smallest absolute Gasteiger partial charge is 0.106 e. The molecule has 1 fully saturated rings. The molecule has 0 spiro atoms. The van der Waals surface area contributed by atoms with Gasteiger partial charge in [-0.1, -0.05) is 17.7 Å². The highest BCUT2D eigenvalue weighted by Crippen LogP contribution is 2.29. The molecule has 0 unspecified atom stereocenters. The Kier molecular flexibility index (Phi) is 4.08. The Balaban J connectivity index is 1.86. The Labute approximate surface area is 125 Å². The van der Waals surface area contributed by atoms with Crippen LogP contribution in [0, 0.1) is 0 Å². The number of nitrogens with zero attached hydrogens (tertiary/aromatic N) is 2. The molecule has 6 heteroatoms. The summed E-state index contributed by atoms with van der Waals surface area (Å²) in [5.41, 5.74) is 1.84. The molecular formula is C14H16ClN3OS. The predicted octanol–water partition coefficient (Wildman–Crippen LogP) is 2.85. The summed E-state index contributed by atoms with van der Waals surface area (Å²) in [7, 11) is -0.642. The first-order valence-corrected chi connectivity index (χ1v) is 8.50. The summed E-state index contributed by atoms with van der Waals surface area (Å²) in [6, 6.07) is 8.02. The highest BCUT2D eigenvalue weighted by Gasteiger charge is 2.19. The lowest BCUT2D eigenvalue weighted by atomic mass is 10.1. The molecule has 0 radical (unpaired) electrons. The van der Waals surface area contributed by atoms with Gasteiger partial charge in [0.25, 0.3) is 0 Å². The van der Waals surface area contributed by atoms with Gasteiger partial charge in [-0.2, -0.15) is 5.10 Å². The Morgan fingerprint density at radius 1 is 1.30 bits per heavy atom. The second-order valence-corrected chi connectivity index (χ2v) is 6.96. The first-order chi connectivity index (χ1) is 9.74. The van der Waals surface area contributed by atoms with Crippen molar-refractivity contribution in [3.63, 3.8) is 0 Å². The van der Waals surface area contributed by atoms with Gasteiger partial charge in [0.05, 0.1) is 10.7 Å². The van der Waals surface area contributed by atoms with Gasteiger partial charge in [-0.25, -0.2) is 4.68 Å². The summed E-state index contributed by atoms with van der Waals surface area (Å²) in [6.07, 6.45) is 5.47. The third kappa shape index (κ3) is 2.88. The van der Waals surface area contributed by atoms with Gasteiger partial charge in [0, 0.05) is 40.7 Å². The van der Waals surface area contributed by atoms with Crippen LogP contribution >= 0.6 is 11.6 Å². The quantitative estimate of drug-likeness (QED) is 0.948. The van der Waals surface area contributed by atoms with Crippen LogP contribution in [0.25, 0.3) is 5.69 Å². The molecule has 0 saturated carbocycles. The molecule has 0 aliphatic carbocycles. The molecule has 4 nitrogen and oxygen atoms in total. The van der Waals surface area contributed by atoms with Crippen LogP contribution in [-0.2, 0) is 10.8 Å². The minimum atomic E-state index is -0.642. The molecule has 1 aliphatic rings. The highest BCUT2D eigenvalue weighted by molar-refractivity contribution is 7.85. The van der Waals surface area contributed by atoms with Gasteiger partial charge in [0.1, 0.15) is 5.69 Å². The topological polar surface area (TPSA) is 46.9 Å². The first-order valence-electron chi connectivity index (χ1n) is 6.64. The first kappa shape index (κ1) is 13.6. The fraction of sp³-hybridized carbons (Fsp3) is 0.357. The molecule has 20 heavy (non-hydrogen) atoms. The van der Waals surface area contributed by atoms with Crippen molar-refractivity contribution in [1.29, 1.82) is 0 Å². The number of nitrogens with one attached hydrogen (secondary N) is 1. The van der Waals surface area contributed by atoms with Crippen LogP contribution in [-0.4, -0.2) is 31.5 Å². The second-order valence-electron chi connectivity index (χ2n) is 4.85. The predicted molar refractivity (Wildman–Crippen MR) is 83.1 cm³/mol. The standard InChI is InChI=1S/C14H16ClN3OS/c15-12-3-1-4-13(14(12)18-8-2-7-16-18)17-11-5-9-20(19)10-6-11/h1-4,7-8,11,17H,5-6,9-10H2. The van der Waals surface area contributed by atoms with Gasteiger partial charge in [-0.3, -0.25) is 4.21 Å². The maximum absolute atomic E-state index is 11.4. The number of halogens is 1. The molecule has 0 amide bonds. The second kappa shape index (κ2) is 5.97. The highest BCUT2D eigenvalue weighted by atomic mass is 35.5. The van der Waals surface area contributed by atoms with E-state index in [-0.39, 0.29) is 0 Å². The molecule has 0 atom stereocenters. The van der Waals surface area contributed by atoms with E-state index in [9.17, 15) is 4.21 Å². The Morgan fingerprint density at radius 2 is 2.10 bits per heavy atom. The van der Waals surface area contributed by atoms with E-state index in [0.717, 1.165) is 35.7 Å². The van der Waals surface area contributed by atoms with Crippen molar-refractivity contribution < 1.29 is 4.21 Å². The molecule has 106 valence electrons. The molecule has 2 heterocycles. The van der Waals surface area contributed by atoms with E-state index >= 15 is 0 Å². The van der Waals surface area contributed by atoms with Crippen LogP contribution in [0.2, 0.25) is 5.02 Å². The molecule has 1 aliphatic heterocycles. The van der Waals surface area contributed by atoms with Gasteiger partial charge in [0.2, 0.25) is 0 Å². The fourth-order valence-corrected chi connectivity index (χ4v) is 3.98. The average Bonchev–Trinajstić information content (AvgIpc) is 2.95. The summed E-state index contributed by atoms with van der Waals surface area (Å²) in [5, 5.41) is 8.44. The Bertz CT molecular complexity index is 605. The Hall–Kier alpha value is -1.33. The summed E-state index contributed by atoms with van der Waals surface area (Å²) in [4.78, 5) is 0. The van der Waals surface area contributed by atoms with E-state index in [2.05, 4.69) is 10.4 Å². The fourth-order valence-electron chi connectivity index (χ4n) is 2.42. The normalized spacial score (nSPS) is 22.6. The number of aromatic nitrogens is 2. The minimum Gasteiger partial charge on any atom is -0.380 e. The largest absolute Gasteiger partial charge is 0.380 e. The third-order valence-electron chi connectivity index (χ3n) is 3.47. The van der Waals surface area contributed by atoms with Gasteiger partial charge < -0.3 is 5.32 Å². The number of para-hydroxylation sites is 1. The molecule has 3 rings (SSSR count). The zero-order valence-electron chi connectivity index (χ0n) is 11.0. The van der Waals surface area contributed by atoms with Gasteiger partial charge in [-0.15, -0.1) is 0 Å². The van der Waals surface area contributed by atoms with E-state index < -0.39 is 10.8 Å². The van der Waals surface area contributed by atoms with Gasteiger partial charge in [0.15, 0.2) is 0 Å². The molecule has 1 aromatic heterocycles. The lowest BCUT2D eigenvalue weighted by molar-refractivity contribution is 0.623. The van der Waals surface area contributed by atoms with E-state index in [1.54, 1.807) is 10.9 Å². The number of anilines is 1. The van der Waals surface area contributed by atoms with E-state index in [0.29, 0.717) is 11.1 Å². The van der Waals surface area contributed by atoms with E-state index in [1.165, 1.54) is 0 Å². The zero-order valence-corrected chi connectivity index (χ0v) is 12.5. The van der Waals surface area contributed by atoms with Crippen LogP contribution in [0.15, 0.2) is 36.7 Å². The van der Waals surface area contributed by atoms with Crippen molar-refractivity contribution in [2.24, 2.45) is 0 Å². The average molecular weight is 310 g/mol. The summed E-state index contributed by atoms with van der Waals surface area (Å²) in [5.74, 6) is 1.55. The number of benzene rings is 1. The van der Waals surface area contributed by atoms with Gasteiger partial charge in [-0.05, 0) is 31.0 Å². The molecular weight excluding hydrogens is 294 g/mol. The van der Waals surface area contributed by atoms with Gasteiger partial charge >= 0.3 is 0 Å². The van der Waals surface area contributed by atoms with Crippen LogP contribution in [0.4, 0.5) is 5.69 Å². The number of rotatable bonds is 3. The summed E-state index contributed by atoms with van der Waals surface area (Å²) in [6.45, 7) is 0. The zero-order chi connectivity index (χ0) is 13.9. The molecule has 1 N–H and O–H groups in total. The number of hydrogen-bond acceptors (Lipinski definition) is 3. The van der Waals surface area contributed by atoms with Crippen LogP contribution < -0.4 is 5.32 Å². The van der Waals surface area contributed by atoms with Crippen molar-refractivity contribution in [2.75, 3.05) is 16.8 Å². The van der Waals surface area contributed by atoms with Crippen LogP contribution in [0.1, 0.15) is 12.8 Å². The SMILES string of the molecule is O=S1CCC(Nc2cccc(Cl)c2-n2cccn2)CC1. The number of hydrogen-bond donors (Lipinski definition) is 1. The molecule has 1 aromatic carbocycles. The maximum atomic E-state index is 11.4. The lowest BCUT2D eigenvalue weighted by Gasteiger charge is -2.25. The van der Waals surface area contributed by atoms with Crippen molar-refractivity contribution in [3.05, 3.63) is 41.7 Å². The molecule has 0 bridgehead atoms. The van der Waals surface area contributed by atoms with Crippen LogP contribution in [0.3, 0.4) is 0 Å². The summed E-state index contributed by atoms with van der Waals surface area (Å²) < 4.78 is 13.2. The minimum absolute atomic E-state index is 0.348. The molecule has 1 saturated heterocycles. The van der Waals surface area contributed by atoms with E-state index in [4.69, 9.17) is 11.6 Å². The monoisotopic (exact) mass is 309 g/mol.